The molecule has 1 aromatic carbocycles. The number of nitrogens with two attached hydrogens (primary N) is 1. The van der Waals surface area contributed by atoms with Crippen LogP contribution in [0.1, 0.15) is 5.56 Å². The zero-order valence-electron chi connectivity index (χ0n) is 9.02. The van der Waals surface area contributed by atoms with Gasteiger partial charge in [0.15, 0.2) is 0 Å². The molecule has 0 fully saturated rings. The Hall–Kier alpha value is -1.81. The van der Waals surface area contributed by atoms with Crippen molar-refractivity contribution in [2.24, 2.45) is 5.73 Å². The van der Waals surface area contributed by atoms with Crippen LogP contribution in [0.4, 0.5) is 0 Å². The zero-order chi connectivity index (χ0) is 11.8. The number of para-hydroxylation sites is 1. The molecule has 0 aromatic heterocycles. The summed E-state index contributed by atoms with van der Waals surface area (Å²) in [4.78, 5) is 11.4. The van der Waals surface area contributed by atoms with E-state index in [-0.39, 0.29) is 18.1 Å². The maximum absolute atomic E-state index is 11.4. The Morgan fingerprint density at radius 2 is 2.12 bits per heavy atom. The minimum atomic E-state index is -0.122. The summed E-state index contributed by atoms with van der Waals surface area (Å²) in [6.45, 7) is 0.930. The van der Waals surface area contributed by atoms with Crippen molar-refractivity contribution in [2.75, 3.05) is 13.1 Å². The lowest BCUT2D eigenvalue weighted by Gasteiger charge is -2.04. The van der Waals surface area contributed by atoms with E-state index < -0.39 is 0 Å². The van der Waals surface area contributed by atoms with Crippen molar-refractivity contribution in [3.8, 4) is 5.75 Å². The van der Waals surface area contributed by atoms with Gasteiger partial charge in [0.1, 0.15) is 5.75 Å². The van der Waals surface area contributed by atoms with Crippen LogP contribution in [0, 0.1) is 0 Å². The summed E-state index contributed by atoms with van der Waals surface area (Å²) in [6.07, 6.45) is 3.76. The van der Waals surface area contributed by atoms with Crippen molar-refractivity contribution in [3.05, 3.63) is 42.0 Å². The molecule has 0 aliphatic carbocycles. The van der Waals surface area contributed by atoms with E-state index >= 15 is 0 Å². The maximum Gasteiger partial charge on any atom is 0.224 e. The van der Waals surface area contributed by atoms with E-state index in [0.29, 0.717) is 18.7 Å². The molecule has 86 valence electrons. The number of carbonyl (C=O) groups is 1. The van der Waals surface area contributed by atoms with Crippen molar-refractivity contribution in [1.29, 1.82) is 0 Å². The molecule has 0 bridgehead atoms. The van der Waals surface area contributed by atoms with E-state index in [4.69, 9.17) is 5.73 Å². The molecule has 4 N–H and O–H groups in total. The van der Waals surface area contributed by atoms with Crippen LogP contribution in [0.3, 0.4) is 0 Å². The third-order valence-electron chi connectivity index (χ3n) is 2.06. The number of phenolic OH excluding ortho intramolecular Hbond substituents is 1. The molecule has 0 aliphatic rings. The Kier molecular flexibility index (Phi) is 5.08. The lowest BCUT2D eigenvalue weighted by atomic mass is 10.1. The highest BCUT2D eigenvalue weighted by atomic mass is 16.3. The topological polar surface area (TPSA) is 75.3 Å². The molecule has 1 amide bonds. The molecule has 4 heteroatoms. The van der Waals surface area contributed by atoms with E-state index in [0.717, 1.165) is 0 Å². The number of benzene rings is 1. The summed E-state index contributed by atoms with van der Waals surface area (Å²) >= 11 is 0. The molecule has 0 spiro atoms. The van der Waals surface area contributed by atoms with Crippen molar-refractivity contribution in [2.45, 2.75) is 6.42 Å². The molecule has 1 aromatic rings. The number of hydrogen-bond acceptors (Lipinski definition) is 3. The van der Waals surface area contributed by atoms with Gasteiger partial charge in [-0.25, -0.2) is 0 Å². The largest absolute Gasteiger partial charge is 0.508 e. The molecule has 0 aliphatic heterocycles. The first-order chi connectivity index (χ1) is 7.74. The number of rotatable bonds is 5. The van der Waals surface area contributed by atoms with Gasteiger partial charge >= 0.3 is 0 Å². The molecule has 16 heavy (non-hydrogen) atoms. The Bertz CT molecular complexity index is 375. The monoisotopic (exact) mass is 220 g/mol. The van der Waals surface area contributed by atoms with Crippen molar-refractivity contribution in [3.63, 3.8) is 0 Å². The molecule has 1 rings (SSSR count). The van der Waals surface area contributed by atoms with E-state index in [1.807, 2.05) is 0 Å². The third-order valence-corrected chi connectivity index (χ3v) is 2.06. The summed E-state index contributed by atoms with van der Waals surface area (Å²) in [5, 5.41) is 12.2. The van der Waals surface area contributed by atoms with Gasteiger partial charge in [0.2, 0.25) is 5.91 Å². The van der Waals surface area contributed by atoms with Crippen LogP contribution in [0.15, 0.2) is 36.4 Å². The lowest BCUT2D eigenvalue weighted by molar-refractivity contribution is -0.120. The molecular weight excluding hydrogens is 204 g/mol. The maximum atomic E-state index is 11.4. The molecule has 0 saturated heterocycles. The van der Waals surface area contributed by atoms with E-state index in [9.17, 15) is 9.90 Å². The number of amides is 1. The summed E-state index contributed by atoms with van der Waals surface area (Å²) in [5.74, 6) is 0.0262. The second kappa shape index (κ2) is 6.63. The quantitative estimate of drug-likeness (QED) is 0.635. The van der Waals surface area contributed by atoms with Gasteiger partial charge in [-0.05, 0) is 6.07 Å². The second-order valence-corrected chi connectivity index (χ2v) is 3.32. The average molecular weight is 220 g/mol. The number of nitrogens with one attached hydrogen (secondary N) is 1. The first-order valence-electron chi connectivity index (χ1n) is 5.12. The highest BCUT2D eigenvalue weighted by Crippen LogP contribution is 2.15. The Balaban J connectivity index is 2.40. The molecule has 0 atom stereocenters. The normalized spacial score (nSPS) is 10.6. The van der Waals surface area contributed by atoms with Gasteiger partial charge in [0.05, 0.1) is 6.42 Å². The van der Waals surface area contributed by atoms with Crippen LogP contribution in [-0.2, 0) is 11.2 Å². The SMILES string of the molecule is NC/C=C/CNC(=O)Cc1ccccc1O. The number of aromatic hydroxyl groups is 1. The number of carbonyl (C=O) groups excluding carboxylic acids is 1. The van der Waals surface area contributed by atoms with Gasteiger partial charge in [-0.1, -0.05) is 30.4 Å². The van der Waals surface area contributed by atoms with E-state index in [1.165, 1.54) is 0 Å². The molecule has 4 nitrogen and oxygen atoms in total. The first kappa shape index (κ1) is 12.3. The van der Waals surface area contributed by atoms with Crippen molar-refractivity contribution >= 4 is 5.91 Å². The van der Waals surface area contributed by atoms with E-state index in [2.05, 4.69) is 5.32 Å². The fourth-order valence-corrected chi connectivity index (χ4v) is 1.25. The minimum Gasteiger partial charge on any atom is -0.508 e. The Morgan fingerprint density at radius 3 is 2.81 bits per heavy atom. The van der Waals surface area contributed by atoms with Gasteiger partial charge in [-0.3, -0.25) is 4.79 Å². The average Bonchev–Trinajstić information content (AvgIpc) is 2.28. The lowest BCUT2D eigenvalue weighted by Crippen LogP contribution is -2.25. The van der Waals surface area contributed by atoms with Gasteiger partial charge < -0.3 is 16.2 Å². The first-order valence-corrected chi connectivity index (χ1v) is 5.12. The highest BCUT2D eigenvalue weighted by Gasteiger charge is 2.05. The third kappa shape index (κ3) is 4.14. The summed E-state index contributed by atoms with van der Waals surface area (Å²) in [5.41, 5.74) is 5.88. The minimum absolute atomic E-state index is 0.122. The Labute approximate surface area is 94.8 Å². The predicted octanol–water partition coefficient (Wildman–Crippen LogP) is 0.566. The molecular formula is C12H16N2O2. The molecule has 0 saturated carbocycles. The van der Waals surface area contributed by atoms with Gasteiger partial charge in [-0.2, -0.15) is 0 Å². The zero-order valence-corrected chi connectivity index (χ0v) is 9.02. The summed E-state index contributed by atoms with van der Waals surface area (Å²) in [7, 11) is 0. The van der Waals surface area contributed by atoms with Crippen LogP contribution in [-0.4, -0.2) is 24.1 Å². The van der Waals surface area contributed by atoms with E-state index in [1.54, 1.807) is 36.4 Å². The fourth-order valence-electron chi connectivity index (χ4n) is 1.25. The van der Waals surface area contributed by atoms with Gasteiger partial charge in [0.25, 0.3) is 0 Å². The standard InChI is InChI=1S/C12H16N2O2/c13-7-3-4-8-14-12(16)9-10-5-1-2-6-11(10)15/h1-6,15H,7-9,13H2,(H,14,16)/b4-3+. The highest BCUT2D eigenvalue weighted by molar-refractivity contribution is 5.79. The second-order valence-electron chi connectivity index (χ2n) is 3.32. The summed E-state index contributed by atoms with van der Waals surface area (Å²) < 4.78 is 0. The van der Waals surface area contributed by atoms with Gasteiger partial charge in [-0.15, -0.1) is 0 Å². The summed E-state index contributed by atoms with van der Waals surface area (Å²) in [6, 6.07) is 6.80. The van der Waals surface area contributed by atoms with Crippen LogP contribution in [0.5, 0.6) is 5.75 Å². The van der Waals surface area contributed by atoms with Crippen molar-refractivity contribution < 1.29 is 9.90 Å². The van der Waals surface area contributed by atoms with Crippen LogP contribution >= 0.6 is 0 Å². The Morgan fingerprint density at radius 1 is 1.38 bits per heavy atom. The van der Waals surface area contributed by atoms with Gasteiger partial charge in [0, 0.05) is 18.7 Å². The smallest absolute Gasteiger partial charge is 0.224 e. The van der Waals surface area contributed by atoms with Crippen molar-refractivity contribution in [1.82, 2.24) is 5.32 Å². The molecule has 0 radical (unpaired) electrons. The molecule has 0 heterocycles. The predicted molar refractivity (Wildman–Crippen MR) is 63.0 cm³/mol. The molecule has 0 unspecified atom stereocenters. The van der Waals surface area contributed by atoms with Crippen LogP contribution < -0.4 is 11.1 Å². The number of hydrogen-bond donors (Lipinski definition) is 3. The van der Waals surface area contributed by atoms with Crippen LogP contribution in [0.2, 0.25) is 0 Å². The number of phenols is 1. The fraction of sp³-hybridized carbons (Fsp3) is 0.250. The van der Waals surface area contributed by atoms with Crippen LogP contribution in [0.25, 0.3) is 0 Å².